The summed E-state index contributed by atoms with van der Waals surface area (Å²) in [6.45, 7) is -0.384. The summed E-state index contributed by atoms with van der Waals surface area (Å²) in [6, 6.07) is 14.5. The van der Waals surface area contributed by atoms with Crippen molar-refractivity contribution in [3.8, 4) is 5.75 Å². The molecule has 0 saturated carbocycles. The molecule has 148 valence electrons. The van der Waals surface area contributed by atoms with Crippen LogP contribution < -0.4 is 19.8 Å². The number of methoxy groups -OCH3 is 1. The monoisotopic (exact) mass is 468 g/mol. The molecule has 2 rings (SSSR count). The topological polar surface area (TPSA) is 105 Å². The van der Waals surface area contributed by atoms with Crippen LogP contribution in [0, 0.1) is 0 Å². The number of carboxylic acid groups (broad SMARTS) is 1. The van der Waals surface area contributed by atoms with Crippen molar-refractivity contribution in [3.63, 3.8) is 0 Å². The molecule has 2 aromatic rings. The number of nitrogens with one attached hydrogen (secondary N) is 2. The molecular weight excluding hydrogens is 447 g/mol. The summed E-state index contributed by atoms with van der Waals surface area (Å²) in [4.78, 5) is 34.8. The summed E-state index contributed by atoms with van der Waals surface area (Å²) in [7, 11) is 3.08. The van der Waals surface area contributed by atoms with Gasteiger partial charge in [-0.1, -0.05) is 0 Å². The number of amides is 2. The van der Waals surface area contributed by atoms with E-state index in [1.165, 1.54) is 10.2 Å². The average molecular weight is 467 g/mol. The molecule has 28 heavy (non-hydrogen) atoms. The van der Waals surface area contributed by atoms with E-state index in [0.29, 0.717) is 22.8 Å². The summed E-state index contributed by atoms with van der Waals surface area (Å²) in [5.74, 6) is -0.463. The number of aliphatic carboxylic acids is 1. The molecule has 2 aromatic carbocycles. The number of ether oxygens (including phenoxy) is 1. The Morgan fingerprint density at radius 2 is 1.86 bits per heavy atom. The number of hydrogen-bond acceptors (Lipinski definition) is 5. The van der Waals surface area contributed by atoms with Gasteiger partial charge in [-0.25, -0.2) is 0 Å². The van der Waals surface area contributed by atoms with E-state index >= 15 is 0 Å². The third-order valence-electron chi connectivity index (χ3n) is 3.47. The van der Waals surface area contributed by atoms with Gasteiger partial charge in [0.15, 0.2) is 0 Å². The van der Waals surface area contributed by atoms with E-state index in [4.69, 9.17) is 9.84 Å². The molecule has 0 atom stereocenters. The van der Waals surface area contributed by atoms with E-state index in [1.54, 1.807) is 25.3 Å². The average Bonchev–Trinajstić information content (AvgIpc) is 2.70. The molecule has 0 aliphatic rings. The zero-order chi connectivity index (χ0) is 20.4. The van der Waals surface area contributed by atoms with Gasteiger partial charge in [0.25, 0.3) is 0 Å². The molecule has 0 aliphatic heterocycles. The Labute approximate surface area is 172 Å². The van der Waals surface area contributed by atoms with Crippen molar-refractivity contribution in [2.45, 2.75) is 6.42 Å². The van der Waals surface area contributed by atoms with E-state index in [9.17, 15) is 14.4 Å². The number of carbonyl (C=O) groups is 3. The van der Waals surface area contributed by atoms with Gasteiger partial charge in [-0.2, -0.15) is 0 Å². The van der Waals surface area contributed by atoms with Crippen molar-refractivity contribution in [1.29, 1.82) is 0 Å². The summed E-state index contributed by atoms with van der Waals surface area (Å²) >= 11 is -0.164. The van der Waals surface area contributed by atoms with Gasteiger partial charge in [-0.3, -0.25) is 0 Å². The Morgan fingerprint density at radius 3 is 2.54 bits per heavy atom. The Balaban J connectivity index is 1.99. The second kappa shape index (κ2) is 11.4. The minimum atomic E-state index is -1.08. The molecular formula is C19H20N2O5SSe. The SMILES string of the molecule is COc1cccc(C(=O)Nc2ccccc2)c1[Se]SCCC(=O)NCC(=O)O. The molecule has 0 saturated heterocycles. The normalized spacial score (nSPS) is 10.2. The minimum absolute atomic E-state index is 0.164. The fourth-order valence-electron chi connectivity index (χ4n) is 2.16. The number of rotatable bonds is 10. The maximum atomic E-state index is 12.7. The number of benzene rings is 2. The third-order valence-corrected chi connectivity index (χ3v) is 7.85. The predicted molar refractivity (Wildman–Crippen MR) is 110 cm³/mol. The van der Waals surface area contributed by atoms with Crippen LogP contribution in [-0.2, 0) is 9.59 Å². The molecule has 2 amide bonds. The first kappa shape index (κ1) is 21.8. The summed E-state index contributed by atoms with van der Waals surface area (Å²) < 4.78 is 6.21. The molecule has 0 aromatic heterocycles. The number of carbonyl (C=O) groups excluding carboxylic acids is 2. The first-order valence-corrected chi connectivity index (χ1v) is 12.2. The van der Waals surface area contributed by atoms with Crippen molar-refractivity contribution in [2.24, 2.45) is 0 Å². The van der Waals surface area contributed by atoms with E-state index in [-0.39, 0.29) is 38.6 Å². The molecule has 0 radical (unpaired) electrons. The van der Waals surface area contributed by atoms with Crippen molar-refractivity contribution >= 4 is 51.9 Å². The Morgan fingerprint density at radius 1 is 1.11 bits per heavy atom. The van der Waals surface area contributed by atoms with Crippen LogP contribution in [0.2, 0.25) is 0 Å². The summed E-state index contributed by atoms with van der Waals surface area (Å²) in [5, 5.41) is 13.8. The molecule has 0 aliphatic carbocycles. The van der Waals surface area contributed by atoms with Gasteiger partial charge < -0.3 is 0 Å². The van der Waals surface area contributed by atoms with Crippen LogP contribution in [0.5, 0.6) is 5.75 Å². The van der Waals surface area contributed by atoms with Crippen LogP contribution in [0.1, 0.15) is 16.8 Å². The maximum absolute atomic E-state index is 12.7. The standard InChI is InChI=1S/C19H20N2O5SSe/c1-26-15-9-5-8-14(19(25)21-13-6-3-2-4-7-13)18(15)28-27-11-10-16(22)20-12-17(23)24/h2-9H,10-12H2,1H3,(H,20,22)(H,21,25)(H,23,24). The number of carboxylic acids is 1. The van der Waals surface area contributed by atoms with E-state index < -0.39 is 5.97 Å². The van der Waals surface area contributed by atoms with Gasteiger partial charge in [0, 0.05) is 0 Å². The van der Waals surface area contributed by atoms with Crippen LogP contribution in [0.4, 0.5) is 5.69 Å². The third kappa shape index (κ3) is 6.92. The van der Waals surface area contributed by atoms with Gasteiger partial charge in [-0.05, 0) is 0 Å². The molecule has 0 spiro atoms. The Kier molecular flexibility index (Phi) is 8.87. The van der Waals surface area contributed by atoms with Crippen LogP contribution >= 0.6 is 10.2 Å². The number of para-hydroxylation sites is 1. The van der Waals surface area contributed by atoms with Gasteiger partial charge in [0.1, 0.15) is 0 Å². The Hall–Kier alpha value is -2.48. The first-order valence-electron chi connectivity index (χ1n) is 8.32. The van der Waals surface area contributed by atoms with Crippen molar-refractivity contribution in [1.82, 2.24) is 5.32 Å². The van der Waals surface area contributed by atoms with E-state index in [1.807, 2.05) is 30.3 Å². The molecule has 0 fully saturated rings. The quantitative estimate of drug-likeness (QED) is 0.362. The predicted octanol–water partition coefficient (Wildman–Crippen LogP) is 1.52. The van der Waals surface area contributed by atoms with Crippen molar-refractivity contribution in [3.05, 3.63) is 54.1 Å². The van der Waals surface area contributed by atoms with Crippen molar-refractivity contribution in [2.75, 3.05) is 24.7 Å². The van der Waals surface area contributed by atoms with Crippen LogP contribution in [0.15, 0.2) is 48.5 Å². The molecule has 0 unspecified atom stereocenters. The molecule has 0 bridgehead atoms. The first-order chi connectivity index (χ1) is 13.5. The van der Waals surface area contributed by atoms with Crippen molar-refractivity contribution < 1.29 is 24.2 Å². The van der Waals surface area contributed by atoms with Crippen LogP contribution in [-0.4, -0.2) is 56.1 Å². The molecule has 0 heterocycles. The summed E-state index contributed by atoms with van der Waals surface area (Å²) in [5.41, 5.74) is 1.24. The van der Waals surface area contributed by atoms with Gasteiger partial charge in [-0.15, -0.1) is 0 Å². The Bertz CT molecular complexity index is 832. The van der Waals surface area contributed by atoms with Crippen LogP contribution in [0.3, 0.4) is 0 Å². The zero-order valence-corrected chi connectivity index (χ0v) is 17.7. The fraction of sp³-hybridized carbons (Fsp3) is 0.211. The van der Waals surface area contributed by atoms with Crippen LogP contribution in [0.25, 0.3) is 0 Å². The van der Waals surface area contributed by atoms with Gasteiger partial charge >= 0.3 is 172 Å². The molecule has 9 heteroatoms. The molecule has 3 N–H and O–H groups in total. The number of hydrogen-bond donors (Lipinski definition) is 3. The second-order valence-corrected chi connectivity index (χ2v) is 9.68. The zero-order valence-electron chi connectivity index (χ0n) is 15.1. The fourth-order valence-corrected chi connectivity index (χ4v) is 6.33. The van der Waals surface area contributed by atoms with E-state index in [0.717, 1.165) is 4.46 Å². The number of anilines is 1. The van der Waals surface area contributed by atoms with E-state index in [2.05, 4.69) is 10.6 Å². The second-order valence-electron chi connectivity index (χ2n) is 5.48. The van der Waals surface area contributed by atoms with Gasteiger partial charge in [0.05, 0.1) is 0 Å². The summed E-state index contributed by atoms with van der Waals surface area (Å²) in [6.07, 6.45) is 0.209. The molecule has 7 nitrogen and oxygen atoms in total. The van der Waals surface area contributed by atoms with Gasteiger partial charge in [0.2, 0.25) is 0 Å².